The lowest BCUT2D eigenvalue weighted by Gasteiger charge is -2.36. The first-order chi connectivity index (χ1) is 18.0. The highest BCUT2D eigenvalue weighted by atomic mass is 32.1. The van der Waals surface area contributed by atoms with Gasteiger partial charge in [-0.15, -0.1) is 0 Å². The number of thiocarbonyl (C=S) groups is 1. The number of methoxy groups -OCH3 is 1. The summed E-state index contributed by atoms with van der Waals surface area (Å²) in [4.78, 5) is 32.3. The van der Waals surface area contributed by atoms with Crippen molar-refractivity contribution in [2.45, 2.75) is 37.6 Å². The van der Waals surface area contributed by atoms with Crippen molar-refractivity contribution in [1.29, 1.82) is 0 Å². The van der Waals surface area contributed by atoms with E-state index in [2.05, 4.69) is 10.2 Å². The van der Waals surface area contributed by atoms with E-state index in [9.17, 15) is 14.7 Å². The van der Waals surface area contributed by atoms with Crippen LogP contribution in [0.4, 0.5) is 10.5 Å². The summed E-state index contributed by atoms with van der Waals surface area (Å²) in [5, 5.41) is 15.2. The molecule has 0 radical (unpaired) electrons. The minimum Gasteiger partial charge on any atom is -0.496 e. The second-order valence-electron chi connectivity index (χ2n) is 9.70. The van der Waals surface area contributed by atoms with Gasteiger partial charge in [-0.25, -0.2) is 9.69 Å². The average Bonchev–Trinajstić information content (AvgIpc) is 3.59. The SMILES string of the molecule is COc1cc(CCNC(=S)N2C[C@H]3CC2C2C(=O)N(c4cccc5ccccc45)C(=O)N23)ccc1CO. The van der Waals surface area contributed by atoms with Crippen LogP contribution in [0.5, 0.6) is 5.75 Å². The number of imide groups is 1. The van der Waals surface area contributed by atoms with Gasteiger partial charge in [0.15, 0.2) is 5.11 Å². The first kappa shape index (κ1) is 23.7. The topological polar surface area (TPSA) is 85.4 Å². The third-order valence-electron chi connectivity index (χ3n) is 7.74. The van der Waals surface area contributed by atoms with E-state index in [1.807, 2.05) is 60.7 Å². The molecule has 3 aromatic carbocycles. The number of carbonyl (C=O) groups is 2. The minimum atomic E-state index is -0.528. The third-order valence-corrected chi connectivity index (χ3v) is 8.12. The highest BCUT2D eigenvalue weighted by molar-refractivity contribution is 7.80. The summed E-state index contributed by atoms with van der Waals surface area (Å²) in [6.07, 6.45) is 1.47. The van der Waals surface area contributed by atoms with E-state index in [0.29, 0.717) is 29.6 Å². The number of likely N-dealkylation sites (tertiary alicyclic amines) is 1. The molecule has 190 valence electrons. The normalized spacial score (nSPS) is 22.2. The average molecular weight is 517 g/mol. The fraction of sp³-hybridized carbons (Fsp3) is 0.321. The Balaban J connectivity index is 1.15. The largest absolute Gasteiger partial charge is 0.496 e. The Hall–Kier alpha value is -3.69. The van der Waals surface area contributed by atoms with Gasteiger partial charge in [-0.05, 0) is 48.1 Å². The number of urea groups is 1. The zero-order valence-electron chi connectivity index (χ0n) is 20.5. The molecule has 3 atom stereocenters. The van der Waals surface area contributed by atoms with Gasteiger partial charge >= 0.3 is 6.03 Å². The zero-order valence-corrected chi connectivity index (χ0v) is 21.3. The number of aliphatic hydroxyl groups excluding tert-OH is 1. The van der Waals surface area contributed by atoms with E-state index in [0.717, 1.165) is 34.7 Å². The summed E-state index contributed by atoms with van der Waals surface area (Å²) in [7, 11) is 1.59. The molecule has 3 fully saturated rings. The van der Waals surface area contributed by atoms with Gasteiger partial charge in [-0.2, -0.15) is 0 Å². The zero-order chi connectivity index (χ0) is 25.7. The molecule has 3 amide bonds. The second kappa shape index (κ2) is 9.32. The van der Waals surface area contributed by atoms with Crippen LogP contribution >= 0.6 is 12.2 Å². The van der Waals surface area contributed by atoms with Crippen molar-refractivity contribution in [3.05, 3.63) is 71.8 Å². The Labute approximate surface area is 220 Å². The van der Waals surface area contributed by atoms with Crippen molar-refractivity contribution < 1.29 is 19.4 Å². The lowest BCUT2D eigenvalue weighted by Crippen LogP contribution is -2.57. The number of rotatable bonds is 6. The van der Waals surface area contributed by atoms with Crippen molar-refractivity contribution in [2.24, 2.45) is 0 Å². The summed E-state index contributed by atoms with van der Waals surface area (Å²) < 4.78 is 5.36. The Morgan fingerprint density at radius 3 is 2.76 bits per heavy atom. The summed E-state index contributed by atoms with van der Waals surface area (Å²) in [5.41, 5.74) is 2.46. The fourth-order valence-electron chi connectivity index (χ4n) is 6.01. The van der Waals surface area contributed by atoms with Crippen molar-refractivity contribution in [1.82, 2.24) is 15.1 Å². The van der Waals surface area contributed by atoms with Crippen molar-refractivity contribution in [3.8, 4) is 5.75 Å². The molecule has 3 heterocycles. The smallest absolute Gasteiger partial charge is 0.332 e. The molecule has 6 rings (SSSR count). The van der Waals surface area contributed by atoms with Crippen molar-refractivity contribution in [2.75, 3.05) is 25.1 Å². The number of piperazine rings is 1. The molecule has 37 heavy (non-hydrogen) atoms. The molecule has 9 heteroatoms. The van der Waals surface area contributed by atoms with Crippen LogP contribution < -0.4 is 15.0 Å². The number of nitrogens with zero attached hydrogens (tertiary/aromatic N) is 3. The number of hydrogen-bond acceptors (Lipinski definition) is 5. The first-order valence-electron chi connectivity index (χ1n) is 12.5. The number of aliphatic hydroxyl groups is 1. The van der Waals surface area contributed by atoms with E-state index < -0.39 is 6.04 Å². The van der Waals surface area contributed by atoms with Gasteiger partial charge in [0.25, 0.3) is 5.91 Å². The summed E-state index contributed by atoms with van der Waals surface area (Å²) in [6, 6.07) is 18.3. The fourth-order valence-corrected chi connectivity index (χ4v) is 6.32. The Kier molecular flexibility index (Phi) is 5.97. The Morgan fingerprint density at radius 1 is 1.14 bits per heavy atom. The second-order valence-corrected chi connectivity index (χ2v) is 10.1. The Morgan fingerprint density at radius 2 is 1.95 bits per heavy atom. The van der Waals surface area contributed by atoms with Gasteiger partial charge < -0.3 is 25.0 Å². The predicted molar refractivity (Wildman–Crippen MR) is 145 cm³/mol. The Bertz CT molecular complexity index is 1410. The number of fused-ring (bicyclic) bond motifs is 6. The molecule has 3 saturated heterocycles. The number of nitrogens with one attached hydrogen (secondary N) is 1. The van der Waals surface area contributed by atoms with Crippen LogP contribution in [0.2, 0.25) is 0 Å². The van der Waals surface area contributed by atoms with Gasteiger partial charge in [0, 0.05) is 24.0 Å². The van der Waals surface area contributed by atoms with E-state index >= 15 is 0 Å². The molecule has 2 bridgehead atoms. The number of ether oxygens (including phenoxy) is 1. The van der Waals surface area contributed by atoms with Crippen LogP contribution in [-0.4, -0.2) is 70.3 Å². The van der Waals surface area contributed by atoms with Crippen LogP contribution in [0.1, 0.15) is 17.5 Å². The van der Waals surface area contributed by atoms with Crippen LogP contribution in [0, 0.1) is 0 Å². The molecule has 2 unspecified atom stereocenters. The molecule has 0 saturated carbocycles. The molecule has 0 aliphatic carbocycles. The summed E-state index contributed by atoms with van der Waals surface area (Å²) in [6.45, 7) is 1.17. The van der Waals surface area contributed by atoms with Crippen molar-refractivity contribution in [3.63, 3.8) is 0 Å². The van der Waals surface area contributed by atoms with E-state index in [1.54, 1.807) is 12.0 Å². The van der Waals surface area contributed by atoms with Gasteiger partial charge in [0.2, 0.25) is 0 Å². The third kappa shape index (κ3) is 3.81. The summed E-state index contributed by atoms with van der Waals surface area (Å²) >= 11 is 5.72. The quantitative estimate of drug-likeness (QED) is 0.385. The standard InChI is InChI=1S/C28H28N4O4S/c1-36-24-13-17(9-10-19(24)16-33)11-12-29-27(37)30-15-20-14-23(30)25-26(34)32(28(35)31(20)25)22-8-4-6-18-5-2-3-7-21(18)22/h2-10,13,20,23,25,33H,11-12,14-16H2,1H3,(H,29,37)/t20-,23?,25?/m1/s1. The molecule has 2 N–H and O–H groups in total. The molecular formula is C28H28N4O4S. The number of anilines is 1. The molecule has 3 aliphatic heterocycles. The maximum Gasteiger partial charge on any atom is 0.332 e. The maximum atomic E-state index is 13.7. The molecule has 3 aliphatic rings. The molecular weight excluding hydrogens is 488 g/mol. The number of carbonyl (C=O) groups excluding carboxylic acids is 2. The lowest BCUT2D eigenvalue weighted by atomic mass is 10.1. The minimum absolute atomic E-state index is 0.0403. The van der Waals surface area contributed by atoms with Gasteiger partial charge in [-0.3, -0.25) is 4.79 Å². The van der Waals surface area contributed by atoms with Crippen LogP contribution in [0.3, 0.4) is 0 Å². The first-order valence-corrected chi connectivity index (χ1v) is 12.9. The van der Waals surface area contributed by atoms with E-state index in [1.165, 1.54) is 4.90 Å². The maximum absolute atomic E-state index is 13.7. The molecule has 0 spiro atoms. The van der Waals surface area contributed by atoms with Crippen LogP contribution in [0.25, 0.3) is 10.8 Å². The predicted octanol–water partition coefficient (Wildman–Crippen LogP) is 3.05. The number of hydrogen-bond donors (Lipinski definition) is 2. The highest BCUT2D eigenvalue weighted by Gasteiger charge is 2.62. The lowest BCUT2D eigenvalue weighted by molar-refractivity contribution is -0.120. The van der Waals surface area contributed by atoms with Crippen LogP contribution in [-0.2, 0) is 17.8 Å². The molecule has 3 aromatic rings. The number of benzene rings is 3. The van der Waals surface area contributed by atoms with Gasteiger partial charge in [-0.1, -0.05) is 48.5 Å². The van der Waals surface area contributed by atoms with E-state index in [4.69, 9.17) is 17.0 Å². The van der Waals surface area contributed by atoms with Gasteiger partial charge in [0.05, 0.1) is 31.5 Å². The molecule has 0 aromatic heterocycles. The summed E-state index contributed by atoms with van der Waals surface area (Å²) in [5.74, 6) is 0.483. The van der Waals surface area contributed by atoms with Gasteiger partial charge in [0.1, 0.15) is 11.8 Å². The van der Waals surface area contributed by atoms with Crippen molar-refractivity contribution >= 4 is 45.7 Å². The molecule has 8 nitrogen and oxygen atoms in total. The monoisotopic (exact) mass is 516 g/mol. The van der Waals surface area contributed by atoms with Crippen LogP contribution in [0.15, 0.2) is 60.7 Å². The van der Waals surface area contributed by atoms with E-state index in [-0.39, 0.29) is 30.6 Å². The number of amides is 3. The highest BCUT2D eigenvalue weighted by Crippen LogP contribution is 2.43.